The molecule has 1 rings (SSSR count). The van der Waals surface area contributed by atoms with Gasteiger partial charge in [0.25, 0.3) is 0 Å². The van der Waals surface area contributed by atoms with E-state index in [-0.39, 0.29) is 17.2 Å². The van der Waals surface area contributed by atoms with E-state index in [0.717, 1.165) is 25.7 Å². The Hall–Kier alpha value is -2.44. The molecule has 2 amide bonds. The molecule has 0 aliphatic carbocycles. The molecule has 1 aromatic rings. The van der Waals surface area contributed by atoms with Crippen LogP contribution in [0.15, 0.2) is 55.6 Å². The molecule has 0 fully saturated rings. The highest BCUT2D eigenvalue weighted by Gasteiger charge is 2.27. The quantitative estimate of drug-likeness (QED) is 0.302. The van der Waals surface area contributed by atoms with Crippen molar-refractivity contribution in [1.29, 1.82) is 0 Å². The molecule has 0 heterocycles. The van der Waals surface area contributed by atoms with Crippen molar-refractivity contribution in [1.82, 2.24) is 10.6 Å². The number of carbonyl (C=O) groups is 2. The second kappa shape index (κ2) is 15.4. The minimum absolute atomic E-state index is 0.146. The minimum Gasteiger partial charge on any atom is -0.380 e. The Kier molecular flexibility index (Phi) is 13.1. The summed E-state index contributed by atoms with van der Waals surface area (Å²) in [5.74, 6) is -0.291. The van der Waals surface area contributed by atoms with E-state index in [1.54, 1.807) is 0 Å². The first-order valence-electron chi connectivity index (χ1n) is 10.5. The van der Waals surface area contributed by atoms with Crippen LogP contribution < -0.4 is 10.6 Å². The summed E-state index contributed by atoms with van der Waals surface area (Å²) in [6, 6.07) is 10.3. The van der Waals surface area contributed by atoms with Gasteiger partial charge in [-0.05, 0) is 43.4 Å². The Morgan fingerprint density at radius 3 is 1.77 bits per heavy atom. The van der Waals surface area contributed by atoms with Gasteiger partial charge in [-0.3, -0.25) is 9.59 Å². The molecule has 166 valence electrons. The molecule has 0 atom stereocenters. The van der Waals surface area contributed by atoms with Crippen LogP contribution in [0.2, 0.25) is 0 Å². The SMILES string of the molecule is C=CC(=O)NCCCCOCC(C)(COCCCCNC(=O)C=C)c1ccccc1. The summed E-state index contributed by atoms with van der Waals surface area (Å²) in [6.07, 6.45) is 6.03. The topological polar surface area (TPSA) is 76.7 Å². The van der Waals surface area contributed by atoms with Crippen molar-refractivity contribution in [2.45, 2.75) is 38.0 Å². The molecule has 0 spiro atoms. The monoisotopic (exact) mass is 416 g/mol. The van der Waals surface area contributed by atoms with Crippen LogP contribution in [0.25, 0.3) is 0 Å². The zero-order chi connectivity index (χ0) is 22.1. The van der Waals surface area contributed by atoms with E-state index in [1.165, 1.54) is 17.7 Å². The zero-order valence-electron chi connectivity index (χ0n) is 18.2. The fourth-order valence-corrected chi connectivity index (χ4v) is 2.87. The number of rotatable bonds is 17. The highest BCUT2D eigenvalue weighted by atomic mass is 16.5. The van der Waals surface area contributed by atoms with Crippen molar-refractivity contribution >= 4 is 11.8 Å². The van der Waals surface area contributed by atoms with Crippen LogP contribution in [-0.2, 0) is 24.5 Å². The third-order valence-corrected chi connectivity index (χ3v) is 4.71. The summed E-state index contributed by atoms with van der Waals surface area (Å²) in [5, 5.41) is 5.53. The Labute approximate surface area is 180 Å². The lowest BCUT2D eigenvalue weighted by atomic mass is 9.84. The first-order chi connectivity index (χ1) is 14.5. The number of benzene rings is 1. The van der Waals surface area contributed by atoms with Crippen LogP contribution in [-0.4, -0.2) is 51.3 Å². The van der Waals surface area contributed by atoms with Crippen molar-refractivity contribution in [3.8, 4) is 0 Å². The Morgan fingerprint density at radius 1 is 0.867 bits per heavy atom. The van der Waals surface area contributed by atoms with Gasteiger partial charge in [0.05, 0.1) is 13.2 Å². The van der Waals surface area contributed by atoms with Gasteiger partial charge in [-0.2, -0.15) is 0 Å². The second-order valence-electron chi connectivity index (χ2n) is 7.44. The number of hydrogen-bond donors (Lipinski definition) is 2. The number of hydrogen-bond acceptors (Lipinski definition) is 4. The first kappa shape index (κ1) is 25.6. The second-order valence-corrected chi connectivity index (χ2v) is 7.44. The molecule has 2 N–H and O–H groups in total. The maximum absolute atomic E-state index is 11.1. The fraction of sp³-hybridized carbons (Fsp3) is 0.500. The maximum Gasteiger partial charge on any atom is 0.243 e. The van der Waals surface area contributed by atoms with Gasteiger partial charge in [-0.25, -0.2) is 0 Å². The van der Waals surface area contributed by atoms with E-state index in [9.17, 15) is 9.59 Å². The third kappa shape index (κ3) is 10.9. The van der Waals surface area contributed by atoms with E-state index in [2.05, 4.69) is 42.8 Å². The molecule has 0 unspecified atom stereocenters. The van der Waals surface area contributed by atoms with Crippen molar-refractivity contribution in [2.24, 2.45) is 0 Å². The number of carbonyl (C=O) groups excluding carboxylic acids is 2. The Balaban J connectivity index is 2.34. The van der Waals surface area contributed by atoms with E-state index >= 15 is 0 Å². The summed E-state index contributed by atoms with van der Waals surface area (Å²) >= 11 is 0. The molecule has 0 saturated carbocycles. The molecule has 0 aliphatic rings. The molecular weight excluding hydrogens is 380 g/mol. The maximum atomic E-state index is 11.1. The van der Waals surface area contributed by atoms with Crippen LogP contribution in [0, 0.1) is 0 Å². The third-order valence-electron chi connectivity index (χ3n) is 4.71. The van der Waals surface area contributed by atoms with Gasteiger partial charge in [0.1, 0.15) is 0 Å². The number of ether oxygens (including phenoxy) is 2. The van der Waals surface area contributed by atoms with Crippen LogP contribution in [0.5, 0.6) is 0 Å². The van der Waals surface area contributed by atoms with Crippen LogP contribution in [0.3, 0.4) is 0 Å². The Morgan fingerprint density at radius 2 is 1.33 bits per heavy atom. The number of unbranched alkanes of at least 4 members (excludes halogenated alkanes) is 2. The van der Waals surface area contributed by atoms with Gasteiger partial charge in [0.15, 0.2) is 0 Å². The Bertz CT molecular complexity index is 612. The summed E-state index contributed by atoms with van der Waals surface area (Å²) < 4.78 is 11.9. The number of amides is 2. The van der Waals surface area contributed by atoms with Gasteiger partial charge in [-0.15, -0.1) is 0 Å². The average Bonchev–Trinajstić information content (AvgIpc) is 2.77. The minimum atomic E-state index is -0.241. The summed E-state index contributed by atoms with van der Waals surface area (Å²) in [4.78, 5) is 22.2. The molecule has 0 bridgehead atoms. The molecule has 30 heavy (non-hydrogen) atoms. The van der Waals surface area contributed by atoms with Crippen LogP contribution in [0.1, 0.15) is 38.2 Å². The molecule has 0 aliphatic heterocycles. The summed E-state index contributed by atoms with van der Waals surface area (Å²) in [6.45, 7) is 12.7. The number of nitrogens with one attached hydrogen (secondary N) is 2. The highest BCUT2D eigenvalue weighted by Crippen LogP contribution is 2.25. The van der Waals surface area contributed by atoms with Gasteiger partial charge >= 0.3 is 0 Å². The predicted molar refractivity (Wildman–Crippen MR) is 120 cm³/mol. The molecular formula is C24H36N2O4. The molecule has 1 aromatic carbocycles. The smallest absolute Gasteiger partial charge is 0.243 e. The lowest BCUT2D eigenvalue weighted by molar-refractivity contribution is -0.117. The fourth-order valence-electron chi connectivity index (χ4n) is 2.87. The lowest BCUT2D eigenvalue weighted by Crippen LogP contribution is -2.34. The van der Waals surface area contributed by atoms with E-state index < -0.39 is 0 Å². The lowest BCUT2D eigenvalue weighted by Gasteiger charge is -2.30. The van der Waals surface area contributed by atoms with Crippen LogP contribution in [0.4, 0.5) is 0 Å². The van der Waals surface area contributed by atoms with Gasteiger partial charge in [-0.1, -0.05) is 50.4 Å². The molecule has 0 saturated heterocycles. The van der Waals surface area contributed by atoms with Gasteiger partial charge < -0.3 is 20.1 Å². The van der Waals surface area contributed by atoms with Gasteiger partial charge in [0.2, 0.25) is 11.8 Å². The molecule has 6 nitrogen and oxygen atoms in total. The standard InChI is InChI=1S/C24H36N2O4/c1-4-22(27)25-15-9-11-17-29-19-24(3,21-13-7-6-8-14-21)20-30-18-12-10-16-26-23(28)5-2/h4-8,13-14H,1-2,9-12,15-20H2,3H3,(H,25,27)(H,26,28). The predicted octanol–water partition coefficient (Wildman–Crippen LogP) is 3.14. The molecule has 0 aromatic heterocycles. The summed E-state index contributed by atoms with van der Waals surface area (Å²) in [7, 11) is 0. The van der Waals surface area contributed by atoms with Crippen molar-refractivity contribution in [3.63, 3.8) is 0 Å². The largest absolute Gasteiger partial charge is 0.380 e. The summed E-state index contributed by atoms with van der Waals surface area (Å²) in [5.41, 5.74) is 0.941. The zero-order valence-corrected chi connectivity index (χ0v) is 18.2. The average molecular weight is 417 g/mol. The van der Waals surface area contributed by atoms with Crippen LogP contribution >= 0.6 is 0 Å². The molecule has 6 heteroatoms. The van der Waals surface area contributed by atoms with E-state index in [4.69, 9.17) is 9.47 Å². The van der Waals surface area contributed by atoms with Crippen molar-refractivity contribution < 1.29 is 19.1 Å². The van der Waals surface area contributed by atoms with Crippen molar-refractivity contribution in [3.05, 3.63) is 61.2 Å². The molecule has 0 radical (unpaired) electrons. The van der Waals surface area contributed by atoms with Crippen molar-refractivity contribution in [2.75, 3.05) is 39.5 Å². The van der Waals surface area contributed by atoms with Gasteiger partial charge in [0, 0.05) is 31.7 Å². The van der Waals surface area contributed by atoms with E-state index in [1.807, 2.05) is 18.2 Å². The van der Waals surface area contributed by atoms with E-state index in [0.29, 0.717) is 39.5 Å². The highest BCUT2D eigenvalue weighted by molar-refractivity contribution is 5.87. The normalized spacial score (nSPS) is 11.0. The first-order valence-corrected chi connectivity index (χ1v) is 10.5.